The lowest BCUT2D eigenvalue weighted by Gasteiger charge is -2.23. The maximum atomic E-state index is 12.7. The average Bonchev–Trinajstić information content (AvgIpc) is 2.74. The highest BCUT2D eigenvalue weighted by molar-refractivity contribution is 6.06. The Morgan fingerprint density at radius 2 is 1.96 bits per heavy atom. The molecule has 0 radical (unpaired) electrons. The van der Waals surface area contributed by atoms with Gasteiger partial charge in [-0.15, -0.1) is 0 Å². The summed E-state index contributed by atoms with van der Waals surface area (Å²) in [6, 6.07) is 14.2. The van der Waals surface area contributed by atoms with Gasteiger partial charge < -0.3 is 20.1 Å². The van der Waals surface area contributed by atoms with Crippen molar-refractivity contribution in [3.63, 3.8) is 0 Å². The van der Waals surface area contributed by atoms with Crippen molar-refractivity contribution in [2.24, 2.45) is 0 Å². The van der Waals surface area contributed by atoms with Crippen LogP contribution in [-0.2, 0) is 9.53 Å². The number of rotatable bonds is 7. The number of carbonyl (C=O) groups excluding carboxylic acids is 2. The normalized spacial score (nSPS) is 16.2. The zero-order valence-corrected chi connectivity index (χ0v) is 16.1. The van der Waals surface area contributed by atoms with Crippen molar-refractivity contribution < 1.29 is 19.1 Å². The summed E-state index contributed by atoms with van der Waals surface area (Å²) in [6.07, 6.45) is 3.71. The fourth-order valence-electron chi connectivity index (χ4n) is 3.00. The molecule has 1 fully saturated rings. The van der Waals surface area contributed by atoms with Gasteiger partial charge >= 0.3 is 0 Å². The molecule has 1 aliphatic heterocycles. The summed E-state index contributed by atoms with van der Waals surface area (Å²) >= 11 is 0. The highest BCUT2D eigenvalue weighted by Crippen LogP contribution is 2.26. The van der Waals surface area contributed by atoms with Crippen LogP contribution in [0.15, 0.2) is 48.5 Å². The maximum Gasteiger partial charge on any atom is 0.255 e. The average molecular weight is 382 g/mol. The fraction of sp³-hybridized carbons (Fsp3) is 0.364. The molecule has 1 aliphatic rings. The molecule has 1 saturated heterocycles. The van der Waals surface area contributed by atoms with Crippen molar-refractivity contribution in [1.82, 2.24) is 0 Å². The first kappa shape index (κ1) is 19.9. The van der Waals surface area contributed by atoms with Gasteiger partial charge in [0.15, 0.2) is 0 Å². The Morgan fingerprint density at radius 3 is 2.75 bits per heavy atom. The van der Waals surface area contributed by atoms with E-state index < -0.39 is 0 Å². The summed E-state index contributed by atoms with van der Waals surface area (Å²) in [5.74, 6) is 0.249. The quantitative estimate of drug-likeness (QED) is 0.751. The number of carbonyl (C=O) groups is 2. The number of anilines is 2. The second-order valence-corrected chi connectivity index (χ2v) is 6.73. The van der Waals surface area contributed by atoms with Crippen LogP contribution in [0.25, 0.3) is 0 Å². The van der Waals surface area contributed by atoms with Crippen molar-refractivity contribution >= 4 is 23.2 Å². The summed E-state index contributed by atoms with van der Waals surface area (Å²) < 4.78 is 11.6. The monoisotopic (exact) mass is 382 g/mol. The van der Waals surface area contributed by atoms with E-state index in [-0.39, 0.29) is 17.9 Å². The minimum Gasteiger partial charge on any atom is -0.489 e. The van der Waals surface area contributed by atoms with Gasteiger partial charge in [0.1, 0.15) is 12.4 Å². The van der Waals surface area contributed by atoms with Gasteiger partial charge in [-0.1, -0.05) is 25.1 Å². The van der Waals surface area contributed by atoms with E-state index in [2.05, 4.69) is 10.6 Å². The molecule has 1 unspecified atom stereocenters. The third kappa shape index (κ3) is 5.57. The van der Waals surface area contributed by atoms with E-state index in [1.807, 2.05) is 18.2 Å². The van der Waals surface area contributed by atoms with Gasteiger partial charge in [0.25, 0.3) is 5.91 Å². The van der Waals surface area contributed by atoms with Gasteiger partial charge in [0.05, 0.1) is 11.8 Å². The van der Waals surface area contributed by atoms with Crippen LogP contribution in [0.2, 0.25) is 0 Å². The first-order valence-electron chi connectivity index (χ1n) is 9.70. The van der Waals surface area contributed by atoms with E-state index in [0.29, 0.717) is 35.7 Å². The molecule has 0 bridgehead atoms. The second kappa shape index (κ2) is 9.90. The Kier molecular flexibility index (Phi) is 7.03. The minimum atomic E-state index is -0.266. The summed E-state index contributed by atoms with van der Waals surface area (Å²) in [6.45, 7) is 3.02. The summed E-state index contributed by atoms with van der Waals surface area (Å²) in [7, 11) is 0. The Labute approximate surface area is 165 Å². The lowest BCUT2D eigenvalue weighted by molar-refractivity contribution is -0.115. The summed E-state index contributed by atoms with van der Waals surface area (Å²) in [4.78, 5) is 24.2. The Morgan fingerprint density at radius 1 is 1.11 bits per heavy atom. The van der Waals surface area contributed by atoms with Crippen molar-refractivity contribution in [1.29, 1.82) is 0 Å². The third-order valence-corrected chi connectivity index (χ3v) is 4.56. The lowest BCUT2D eigenvalue weighted by atomic mass is 10.1. The van der Waals surface area contributed by atoms with Crippen molar-refractivity contribution in [2.75, 3.05) is 23.8 Å². The van der Waals surface area contributed by atoms with Crippen LogP contribution < -0.4 is 15.4 Å². The minimum absolute atomic E-state index is 0.0939. The molecule has 0 saturated carbocycles. The molecule has 0 aromatic heterocycles. The van der Waals surface area contributed by atoms with Crippen molar-refractivity contribution in [3.8, 4) is 5.75 Å². The molecule has 6 heteroatoms. The van der Waals surface area contributed by atoms with Gasteiger partial charge in [-0.2, -0.15) is 0 Å². The number of nitrogens with one attached hydrogen (secondary N) is 2. The van der Waals surface area contributed by atoms with E-state index >= 15 is 0 Å². The van der Waals surface area contributed by atoms with E-state index in [1.54, 1.807) is 37.3 Å². The molecule has 28 heavy (non-hydrogen) atoms. The molecule has 3 rings (SSSR count). The molecule has 2 N–H and O–H groups in total. The van der Waals surface area contributed by atoms with Crippen LogP contribution >= 0.6 is 0 Å². The van der Waals surface area contributed by atoms with E-state index in [4.69, 9.17) is 9.47 Å². The van der Waals surface area contributed by atoms with Crippen LogP contribution in [0.4, 0.5) is 11.4 Å². The van der Waals surface area contributed by atoms with Crippen LogP contribution in [0, 0.1) is 0 Å². The molecular formula is C22H26N2O4. The van der Waals surface area contributed by atoms with E-state index in [1.165, 1.54) is 0 Å². The topological polar surface area (TPSA) is 76.7 Å². The Hall–Kier alpha value is -2.86. The molecule has 148 valence electrons. The summed E-state index contributed by atoms with van der Waals surface area (Å²) in [5.41, 5.74) is 1.66. The van der Waals surface area contributed by atoms with Gasteiger partial charge in [-0.3, -0.25) is 9.59 Å². The molecule has 1 atom stereocenters. The number of para-hydroxylation sites is 2. The van der Waals surface area contributed by atoms with E-state index in [9.17, 15) is 9.59 Å². The predicted molar refractivity (Wildman–Crippen MR) is 109 cm³/mol. The van der Waals surface area contributed by atoms with E-state index in [0.717, 1.165) is 25.9 Å². The Bertz CT molecular complexity index is 816. The molecule has 2 aromatic carbocycles. The number of amides is 2. The van der Waals surface area contributed by atoms with Crippen LogP contribution in [0.5, 0.6) is 5.75 Å². The van der Waals surface area contributed by atoms with Gasteiger partial charge in [0, 0.05) is 24.3 Å². The standard InChI is InChI=1S/C22H26N2O4/c1-2-21(25)23-17-9-7-8-16(14-17)22(26)24-19-11-3-4-12-20(19)28-15-18-10-5-6-13-27-18/h3-4,7-9,11-12,14,18H,2,5-6,10,13,15H2,1H3,(H,23,25)(H,24,26). The smallest absolute Gasteiger partial charge is 0.255 e. The van der Waals surface area contributed by atoms with Gasteiger partial charge in [-0.05, 0) is 49.6 Å². The van der Waals surface area contributed by atoms with Gasteiger partial charge in [0.2, 0.25) is 5.91 Å². The number of benzene rings is 2. The maximum absolute atomic E-state index is 12.7. The Balaban J connectivity index is 1.65. The highest BCUT2D eigenvalue weighted by atomic mass is 16.5. The molecule has 2 aromatic rings. The lowest BCUT2D eigenvalue weighted by Crippen LogP contribution is -2.26. The number of hydrogen-bond acceptors (Lipinski definition) is 4. The van der Waals surface area contributed by atoms with Crippen LogP contribution in [0.1, 0.15) is 43.0 Å². The van der Waals surface area contributed by atoms with Crippen LogP contribution in [-0.4, -0.2) is 31.1 Å². The SMILES string of the molecule is CCC(=O)Nc1cccc(C(=O)Nc2ccccc2OCC2CCCCO2)c1. The third-order valence-electron chi connectivity index (χ3n) is 4.56. The first-order chi connectivity index (χ1) is 13.7. The van der Waals surface area contributed by atoms with Crippen molar-refractivity contribution in [3.05, 3.63) is 54.1 Å². The molecular weight excluding hydrogens is 356 g/mol. The van der Waals surface area contributed by atoms with Crippen LogP contribution in [0.3, 0.4) is 0 Å². The molecule has 6 nitrogen and oxygen atoms in total. The predicted octanol–water partition coefficient (Wildman–Crippen LogP) is 4.24. The summed E-state index contributed by atoms with van der Waals surface area (Å²) in [5, 5.41) is 5.65. The number of hydrogen-bond donors (Lipinski definition) is 2. The second-order valence-electron chi connectivity index (χ2n) is 6.73. The van der Waals surface area contributed by atoms with Gasteiger partial charge in [-0.25, -0.2) is 0 Å². The molecule has 2 amide bonds. The highest BCUT2D eigenvalue weighted by Gasteiger charge is 2.16. The largest absolute Gasteiger partial charge is 0.489 e. The zero-order valence-electron chi connectivity index (χ0n) is 16.1. The molecule has 0 aliphatic carbocycles. The zero-order chi connectivity index (χ0) is 19.8. The van der Waals surface area contributed by atoms with Crippen molar-refractivity contribution in [2.45, 2.75) is 38.7 Å². The molecule has 1 heterocycles. The fourth-order valence-corrected chi connectivity index (χ4v) is 3.00. The number of ether oxygens (including phenoxy) is 2. The first-order valence-corrected chi connectivity index (χ1v) is 9.70. The molecule has 0 spiro atoms.